The zero-order valence-corrected chi connectivity index (χ0v) is 12.1. The number of carbonyl (C=O) groups excluding carboxylic acids is 2. The molecule has 2 aromatic rings. The number of ketones is 2. The quantitative estimate of drug-likeness (QED) is 0.798. The normalized spacial score (nSPS) is 26.2. The van der Waals surface area contributed by atoms with Crippen molar-refractivity contribution in [3.05, 3.63) is 65.2 Å². The van der Waals surface area contributed by atoms with Gasteiger partial charge in [-0.1, -0.05) is 47.7 Å². The number of hydrogen-bond acceptors (Lipinski definition) is 4. The fourth-order valence-electron chi connectivity index (χ4n) is 2.72. The lowest BCUT2D eigenvalue weighted by atomic mass is 9.88. The third kappa shape index (κ3) is 1.79. The Bertz CT molecular complexity index is 769. The van der Waals surface area contributed by atoms with Crippen molar-refractivity contribution in [2.75, 3.05) is 0 Å². The van der Waals surface area contributed by atoms with Gasteiger partial charge in [-0.05, 0) is 25.1 Å². The summed E-state index contributed by atoms with van der Waals surface area (Å²) in [5.41, 5.74) is 1.94. The first-order valence-corrected chi connectivity index (χ1v) is 7.55. The van der Waals surface area contributed by atoms with E-state index in [-0.39, 0.29) is 11.6 Å². The Morgan fingerprint density at radius 1 is 1.05 bits per heavy atom. The van der Waals surface area contributed by atoms with Crippen LogP contribution in [-0.4, -0.2) is 22.6 Å². The number of thioether (sulfide) groups is 1. The fraction of sp³-hybridized carbons (Fsp3) is 0.176. The number of hydrogen-bond donors (Lipinski definition) is 0. The van der Waals surface area contributed by atoms with E-state index in [1.807, 2.05) is 43.3 Å². The number of epoxide rings is 1. The molecule has 2 atom stereocenters. The molecule has 0 bridgehead atoms. The number of ether oxygens (including phenoxy) is 1. The van der Waals surface area contributed by atoms with Crippen LogP contribution in [0, 0.1) is 6.92 Å². The van der Waals surface area contributed by atoms with E-state index in [1.165, 1.54) is 11.8 Å². The molecule has 3 nitrogen and oxygen atoms in total. The summed E-state index contributed by atoms with van der Waals surface area (Å²) in [4.78, 5) is 25.1. The first-order chi connectivity index (χ1) is 10.1. The van der Waals surface area contributed by atoms with Crippen LogP contribution < -0.4 is 0 Å². The standard InChI is InChI=1S/C17H12O3S/c1-10-7-8-12-13(9-10)14(18)16-17(20-16,15(12)19)21-11-5-3-2-4-6-11/h2-9,16H,1H3. The minimum atomic E-state index is -1.05. The van der Waals surface area contributed by atoms with E-state index < -0.39 is 11.0 Å². The van der Waals surface area contributed by atoms with Gasteiger partial charge < -0.3 is 4.74 Å². The van der Waals surface area contributed by atoms with Crippen LogP contribution in [0.3, 0.4) is 0 Å². The van der Waals surface area contributed by atoms with Crippen molar-refractivity contribution in [3.8, 4) is 0 Å². The molecule has 2 aliphatic rings. The van der Waals surface area contributed by atoms with Gasteiger partial charge in [-0.25, -0.2) is 0 Å². The number of aryl methyl sites for hydroxylation is 1. The Labute approximate surface area is 126 Å². The van der Waals surface area contributed by atoms with Gasteiger partial charge in [0.05, 0.1) is 0 Å². The maximum Gasteiger partial charge on any atom is 0.216 e. The highest BCUT2D eigenvalue weighted by atomic mass is 32.2. The largest absolute Gasteiger partial charge is 0.337 e. The molecule has 1 heterocycles. The molecule has 0 amide bonds. The third-order valence-corrected chi connectivity index (χ3v) is 5.14. The molecule has 0 aromatic heterocycles. The molecule has 2 aromatic carbocycles. The van der Waals surface area contributed by atoms with E-state index in [4.69, 9.17) is 4.74 Å². The van der Waals surface area contributed by atoms with Crippen LogP contribution in [0.4, 0.5) is 0 Å². The van der Waals surface area contributed by atoms with Gasteiger partial charge in [-0.15, -0.1) is 0 Å². The lowest BCUT2D eigenvalue weighted by Gasteiger charge is -2.18. The topological polar surface area (TPSA) is 46.7 Å². The Balaban J connectivity index is 1.76. The van der Waals surface area contributed by atoms with Crippen LogP contribution in [0.15, 0.2) is 53.4 Å². The van der Waals surface area contributed by atoms with Crippen molar-refractivity contribution < 1.29 is 14.3 Å². The van der Waals surface area contributed by atoms with Gasteiger partial charge in [0.25, 0.3) is 0 Å². The highest BCUT2D eigenvalue weighted by Gasteiger charge is 2.70. The summed E-state index contributed by atoms with van der Waals surface area (Å²) in [6.07, 6.45) is -0.649. The first-order valence-electron chi connectivity index (χ1n) is 6.73. The Morgan fingerprint density at radius 3 is 2.57 bits per heavy atom. The molecule has 1 aliphatic carbocycles. The molecule has 104 valence electrons. The maximum atomic E-state index is 12.7. The highest BCUT2D eigenvalue weighted by molar-refractivity contribution is 8.01. The van der Waals surface area contributed by atoms with Crippen LogP contribution in [0.25, 0.3) is 0 Å². The number of Topliss-reactive ketones (excluding diaryl/α,β-unsaturated/α-hetero) is 2. The fourth-order valence-corrected chi connectivity index (χ4v) is 3.92. The number of carbonyl (C=O) groups is 2. The molecule has 0 N–H and O–H groups in total. The minimum absolute atomic E-state index is 0.0864. The Morgan fingerprint density at radius 2 is 1.81 bits per heavy atom. The van der Waals surface area contributed by atoms with E-state index in [1.54, 1.807) is 12.1 Å². The van der Waals surface area contributed by atoms with E-state index in [2.05, 4.69) is 0 Å². The van der Waals surface area contributed by atoms with Crippen molar-refractivity contribution in [3.63, 3.8) is 0 Å². The average Bonchev–Trinajstić information content (AvgIpc) is 3.22. The molecule has 2 unspecified atom stereocenters. The van der Waals surface area contributed by atoms with Crippen LogP contribution in [-0.2, 0) is 4.74 Å². The summed E-state index contributed by atoms with van der Waals surface area (Å²) in [6, 6.07) is 14.9. The SMILES string of the molecule is Cc1ccc2c(c1)C(=O)C1OC1(Sc1ccccc1)C2=O. The number of rotatable bonds is 2. The molecule has 0 saturated carbocycles. The summed E-state index contributed by atoms with van der Waals surface area (Å²) in [5.74, 6) is -0.187. The maximum absolute atomic E-state index is 12.7. The van der Waals surface area contributed by atoms with Gasteiger partial charge in [-0.2, -0.15) is 0 Å². The monoisotopic (exact) mass is 296 g/mol. The lowest BCUT2D eigenvalue weighted by Crippen LogP contribution is -2.34. The Hall–Kier alpha value is -1.91. The number of benzene rings is 2. The zero-order valence-electron chi connectivity index (χ0n) is 11.3. The minimum Gasteiger partial charge on any atom is -0.337 e. The van der Waals surface area contributed by atoms with Crippen LogP contribution in [0.2, 0.25) is 0 Å². The van der Waals surface area contributed by atoms with Gasteiger partial charge in [0.1, 0.15) is 0 Å². The van der Waals surface area contributed by atoms with Gasteiger partial charge in [0.2, 0.25) is 10.7 Å². The van der Waals surface area contributed by atoms with Gasteiger partial charge in [0, 0.05) is 16.0 Å². The lowest BCUT2D eigenvalue weighted by molar-refractivity contribution is 0.0911. The molecule has 4 heteroatoms. The predicted octanol–water partition coefficient (Wildman–Crippen LogP) is 3.26. The molecule has 0 spiro atoms. The van der Waals surface area contributed by atoms with E-state index in [0.29, 0.717) is 11.1 Å². The molecule has 4 rings (SSSR count). The van der Waals surface area contributed by atoms with Crippen molar-refractivity contribution in [2.24, 2.45) is 0 Å². The second kappa shape index (κ2) is 4.29. The summed E-state index contributed by atoms with van der Waals surface area (Å²) in [7, 11) is 0. The molecule has 1 saturated heterocycles. The molecule has 0 radical (unpaired) electrons. The van der Waals surface area contributed by atoms with Crippen molar-refractivity contribution >= 4 is 23.3 Å². The zero-order chi connectivity index (χ0) is 14.6. The van der Waals surface area contributed by atoms with Crippen molar-refractivity contribution in [1.82, 2.24) is 0 Å². The molecule has 1 fully saturated rings. The third-order valence-electron chi connectivity index (χ3n) is 3.83. The average molecular weight is 296 g/mol. The highest BCUT2D eigenvalue weighted by Crippen LogP contribution is 2.55. The summed E-state index contributed by atoms with van der Waals surface area (Å²) < 4.78 is 5.58. The molecular weight excluding hydrogens is 284 g/mol. The second-order valence-corrected chi connectivity index (χ2v) is 6.60. The molecular formula is C17H12O3S. The van der Waals surface area contributed by atoms with Crippen molar-refractivity contribution in [2.45, 2.75) is 22.9 Å². The van der Waals surface area contributed by atoms with Crippen LogP contribution in [0.5, 0.6) is 0 Å². The van der Waals surface area contributed by atoms with E-state index >= 15 is 0 Å². The van der Waals surface area contributed by atoms with E-state index in [9.17, 15) is 9.59 Å². The van der Waals surface area contributed by atoms with E-state index in [0.717, 1.165) is 10.5 Å². The summed E-state index contributed by atoms with van der Waals surface area (Å²) in [5, 5.41) is 0. The summed E-state index contributed by atoms with van der Waals surface area (Å²) in [6.45, 7) is 1.91. The van der Waals surface area contributed by atoms with Crippen molar-refractivity contribution in [1.29, 1.82) is 0 Å². The van der Waals surface area contributed by atoms with Crippen LogP contribution >= 0.6 is 11.8 Å². The Kier molecular flexibility index (Phi) is 2.62. The second-order valence-electron chi connectivity index (χ2n) is 5.32. The smallest absolute Gasteiger partial charge is 0.216 e. The van der Waals surface area contributed by atoms with Crippen LogP contribution in [0.1, 0.15) is 26.3 Å². The van der Waals surface area contributed by atoms with Gasteiger partial charge in [-0.3, -0.25) is 9.59 Å². The predicted molar refractivity (Wildman–Crippen MR) is 79.7 cm³/mol. The first kappa shape index (κ1) is 12.8. The molecule has 1 aliphatic heterocycles. The number of fused-ring (bicyclic) bond motifs is 2. The van der Waals surface area contributed by atoms with Gasteiger partial charge in [0.15, 0.2) is 11.9 Å². The molecule has 21 heavy (non-hydrogen) atoms. The summed E-state index contributed by atoms with van der Waals surface area (Å²) >= 11 is 1.33. The van der Waals surface area contributed by atoms with Gasteiger partial charge >= 0.3 is 0 Å².